The molecular weight excluding hydrogens is 286 g/mol. The van der Waals surface area contributed by atoms with E-state index in [4.69, 9.17) is 10.2 Å². The lowest BCUT2D eigenvalue weighted by Crippen LogP contribution is -2.27. The molecule has 0 aromatic carbocycles. The fraction of sp³-hybridized carbons (Fsp3) is 1.00. The highest BCUT2D eigenvalue weighted by atomic mass is 16.3. The lowest BCUT2D eigenvalue weighted by atomic mass is 10.1. The first-order valence-electron chi connectivity index (χ1n) is 10.3. The van der Waals surface area contributed by atoms with Crippen molar-refractivity contribution in [2.75, 3.05) is 32.8 Å². The van der Waals surface area contributed by atoms with Crippen molar-refractivity contribution in [3.05, 3.63) is 0 Å². The molecule has 3 heteroatoms. The molecule has 0 aliphatic rings. The molecular formula is C20H43NO2. The first kappa shape index (κ1) is 22.9. The van der Waals surface area contributed by atoms with Gasteiger partial charge in [0.25, 0.3) is 0 Å². The minimum atomic E-state index is 0.352. The van der Waals surface area contributed by atoms with Crippen molar-refractivity contribution in [2.24, 2.45) is 0 Å². The lowest BCUT2D eigenvalue weighted by Gasteiger charge is -2.22. The fourth-order valence-electron chi connectivity index (χ4n) is 3.03. The lowest BCUT2D eigenvalue weighted by molar-refractivity contribution is 0.254. The van der Waals surface area contributed by atoms with E-state index in [-0.39, 0.29) is 0 Å². The van der Waals surface area contributed by atoms with Crippen LogP contribution in [0, 0.1) is 0 Å². The molecule has 23 heavy (non-hydrogen) atoms. The molecule has 0 aliphatic carbocycles. The number of nitrogens with zero attached hydrogens (tertiary/aromatic N) is 1. The average Bonchev–Trinajstić information content (AvgIpc) is 2.57. The summed E-state index contributed by atoms with van der Waals surface area (Å²) >= 11 is 0. The number of aliphatic hydroxyl groups excluding tert-OH is 2. The standard InChI is InChI=1S/C20H43NO2/c1-2-3-16-21(17-12-8-4-6-10-14-19-22)18-13-9-5-7-11-15-20-23/h22-23H,2-20H2,1H3. The maximum Gasteiger partial charge on any atom is 0.0431 e. The van der Waals surface area contributed by atoms with Crippen LogP contribution in [0.25, 0.3) is 0 Å². The molecule has 2 N–H and O–H groups in total. The first-order valence-corrected chi connectivity index (χ1v) is 10.3. The van der Waals surface area contributed by atoms with Crippen molar-refractivity contribution in [3.63, 3.8) is 0 Å². The summed E-state index contributed by atoms with van der Waals surface area (Å²) in [6.45, 7) is 6.79. The quantitative estimate of drug-likeness (QED) is 0.336. The van der Waals surface area contributed by atoms with E-state index in [9.17, 15) is 0 Å². The van der Waals surface area contributed by atoms with Gasteiger partial charge in [0.1, 0.15) is 0 Å². The largest absolute Gasteiger partial charge is 0.396 e. The Bertz CT molecular complexity index is 194. The third-order valence-corrected chi connectivity index (χ3v) is 4.59. The van der Waals surface area contributed by atoms with Crippen LogP contribution in [0.15, 0.2) is 0 Å². The van der Waals surface area contributed by atoms with Crippen molar-refractivity contribution < 1.29 is 10.2 Å². The van der Waals surface area contributed by atoms with Crippen molar-refractivity contribution >= 4 is 0 Å². The molecule has 0 heterocycles. The van der Waals surface area contributed by atoms with Crippen LogP contribution in [0.2, 0.25) is 0 Å². The van der Waals surface area contributed by atoms with Crippen molar-refractivity contribution in [3.8, 4) is 0 Å². The monoisotopic (exact) mass is 329 g/mol. The van der Waals surface area contributed by atoms with E-state index in [0.29, 0.717) is 13.2 Å². The second kappa shape index (κ2) is 19.9. The molecule has 0 rings (SSSR count). The summed E-state index contributed by atoms with van der Waals surface area (Å²) in [6, 6.07) is 0. The summed E-state index contributed by atoms with van der Waals surface area (Å²) in [5.74, 6) is 0. The van der Waals surface area contributed by atoms with E-state index in [1.165, 1.54) is 96.7 Å². The van der Waals surface area contributed by atoms with Gasteiger partial charge in [0, 0.05) is 13.2 Å². The van der Waals surface area contributed by atoms with Gasteiger partial charge in [-0.05, 0) is 51.7 Å². The average molecular weight is 330 g/mol. The summed E-state index contributed by atoms with van der Waals surface area (Å²) in [5.41, 5.74) is 0. The summed E-state index contributed by atoms with van der Waals surface area (Å²) in [6.07, 6.45) is 17.5. The number of hydrogen-bond acceptors (Lipinski definition) is 3. The van der Waals surface area contributed by atoms with Crippen LogP contribution < -0.4 is 0 Å². The molecule has 0 radical (unpaired) electrons. The molecule has 140 valence electrons. The molecule has 0 saturated carbocycles. The Hall–Kier alpha value is -0.120. The molecule has 0 atom stereocenters. The molecule has 0 fully saturated rings. The van der Waals surface area contributed by atoms with E-state index in [0.717, 1.165) is 12.8 Å². The Morgan fingerprint density at radius 3 is 1.22 bits per heavy atom. The molecule has 0 amide bonds. The minimum absolute atomic E-state index is 0.352. The predicted molar refractivity (Wildman–Crippen MR) is 101 cm³/mol. The van der Waals surface area contributed by atoms with E-state index in [1.54, 1.807) is 0 Å². The van der Waals surface area contributed by atoms with Gasteiger partial charge in [-0.3, -0.25) is 0 Å². The Labute approximate surface area is 145 Å². The van der Waals surface area contributed by atoms with Gasteiger partial charge >= 0.3 is 0 Å². The topological polar surface area (TPSA) is 43.7 Å². The minimum Gasteiger partial charge on any atom is -0.396 e. The highest BCUT2D eigenvalue weighted by Crippen LogP contribution is 2.09. The molecule has 0 aromatic rings. The maximum atomic E-state index is 8.77. The van der Waals surface area contributed by atoms with Crippen molar-refractivity contribution in [1.29, 1.82) is 0 Å². The molecule has 0 unspecified atom stereocenters. The number of hydrogen-bond donors (Lipinski definition) is 2. The summed E-state index contributed by atoms with van der Waals surface area (Å²) in [7, 11) is 0. The Morgan fingerprint density at radius 2 is 0.826 bits per heavy atom. The molecule has 0 aliphatic heterocycles. The van der Waals surface area contributed by atoms with Gasteiger partial charge in [0.05, 0.1) is 0 Å². The first-order chi connectivity index (χ1) is 11.3. The Morgan fingerprint density at radius 1 is 0.478 bits per heavy atom. The van der Waals surface area contributed by atoms with Crippen LogP contribution in [-0.4, -0.2) is 48.0 Å². The van der Waals surface area contributed by atoms with Gasteiger partial charge in [-0.15, -0.1) is 0 Å². The summed E-state index contributed by atoms with van der Waals surface area (Å²) in [4.78, 5) is 2.67. The van der Waals surface area contributed by atoms with E-state index in [1.807, 2.05) is 0 Å². The van der Waals surface area contributed by atoms with Gasteiger partial charge < -0.3 is 15.1 Å². The fourth-order valence-corrected chi connectivity index (χ4v) is 3.03. The van der Waals surface area contributed by atoms with Gasteiger partial charge in [-0.25, -0.2) is 0 Å². The van der Waals surface area contributed by atoms with Gasteiger partial charge in [-0.2, -0.15) is 0 Å². The summed E-state index contributed by atoms with van der Waals surface area (Å²) < 4.78 is 0. The normalized spacial score (nSPS) is 11.5. The van der Waals surface area contributed by atoms with Crippen LogP contribution in [0.4, 0.5) is 0 Å². The Kier molecular flexibility index (Phi) is 19.8. The number of unbranched alkanes of at least 4 members (excludes halogenated alkanes) is 11. The molecule has 0 aromatic heterocycles. The molecule has 3 nitrogen and oxygen atoms in total. The second-order valence-electron chi connectivity index (χ2n) is 6.89. The zero-order chi connectivity index (χ0) is 17.0. The second-order valence-corrected chi connectivity index (χ2v) is 6.89. The molecule has 0 bridgehead atoms. The third-order valence-electron chi connectivity index (χ3n) is 4.59. The number of rotatable bonds is 19. The van der Waals surface area contributed by atoms with Crippen LogP contribution >= 0.6 is 0 Å². The van der Waals surface area contributed by atoms with Gasteiger partial charge in [-0.1, -0.05) is 64.7 Å². The summed E-state index contributed by atoms with van der Waals surface area (Å²) in [5, 5.41) is 17.5. The van der Waals surface area contributed by atoms with E-state index in [2.05, 4.69) is 11.8 Å². The highest BCUT2D eigenvalue weighted by Gasteiger charge is 2.04. The Balaban J connectivity index is 3.56. The number of aliphatic hydroxyl groups is 2. The zero-order valence-corrected chi connectivity index (χ0v) is 15.8. The predicted octanol–water partition coefficient (Wildman–Crippen LogP) is 4.75. The maximum absolute atomic E-state index is 8.77. The van der Waals surface area contributed by atoms with Crippen LogP contribution in [0.5, 0.6) is 0 Å². The highest BCUT2D eigenvalue weighted by molar-refractivity contribution is 4.59. The van der Waals surface area contributed by atoms with Gasteiger partial charge in [0.2, 0.25) is 0 Å². The van der Waals surface area contributed by atoms with Crippen molar-refractivity contribution in [1.82, 2.24) is 4.90 Å². The molecule has 0 saturated heterocycles. The van der Waals surface area contributed by atoms with Crippen molar-refractivity contribution in [2.45, 2.75) is 96.8 Å². The van der Waals surface area contributed by atoms with E-state index < -0.39 is 0 Å². The van der Waals surface area contributed by atoms with Crippen LogP contribution in [0.1, 0.15) is 96.8 Å². The SMILES string of the molecule is CCCCN(CCCCCCCCO)CCCCCCCCO. The van der Waals surface area contributed by atoms with Crippen LogP contribution in [0.3, 0.4) is 0 Å². The van der Waals surface area contributed by atoms with Crippen LogP contribution in [-0.2, 0) is 0 Å². The molecule has 0 spiro atoms. The zero-order valence-electron chi connectivity index (χ0n) is 15.8. The van der Waals surface area contributed by atoms with Gasteiger partial charge in [0.15, 0.2) is 0 Å². The van der Waals surface area contributed by atoms with E-state index >= 15 is 0 Å². The third kappa shape index (κ3) is 18.1. The smallest absolute Gasteiger partial charge is 0.0431 e.